The van der Waals surface area contributed by atoms with Gasteiger partial charge in [0.25, 0.3) is 0 Å². The number of nitrogens with zero attached hydrogens (tertiary/aromatic N) is 5. The van der Waals surface area contributed by atoms with Crippen LogP contribution in [0.5, 0.6) is 0 Å². The quantitative estimate of drug-likeness (QED) is 0.641. The minimum Gasteiger partial charge on any atom is -0.371 e. The second kappa shape index (κ2) is 3.64. The van der Waals surface area contributed by atoms with E-state index in [4.69, 9.17) is 4.74 Å². The van der Waals surface area contributed by atoms with Crippen molar-refractivity contribution in [2.45, 2.75) is 12.6 Å². The average Bonchev–Trinajstić information content (AvgIpc) is 2.89. The normalized spacial score (nSPS) is 18.3. The van der Waals surface area contributed by atoms with Gasteiger partial charge in [0.05, 0.1) is 25.6 Å². The van der Waals surface area contributed by atoms with E-state index in [9.17, 15) is 0 Å². The summed E-state index contributed by atoms with van der Waals surface area (Å²) >= 11 is 0. The summed E-state index contributed by atoms with van der Waals surface area (Å²) in [6, 6.07) is 3.92. The molecule has 0 unspecified atom stereocenters. The number of rotatable bonds is 3. The lowest BCUT2D eigenvalue weighted by molar-refractivity contribution is 0.381. The van der Waals surface area contributed by atoms with E-state index >= 15 is 0 Å². The van der Waals surface area contributed by atoms with E-state index in [-0.39, 0.29) is 0 Å². The topological polar surface area (TPSA) is 61.1 Å². The lowest BCUT2D eigenvalue weighted by Crippen LogP contribution is -2.12. The van der Waals surface area contributed by atoms with Crippen LogP contribution in [0.25, 0.3) is 17.3 Å². The number of ether oxygens (including phenoxy) is 1. The lowest BCUT2D eigenvalue weighted by atomic mass is 10.3. The predicted octanol–water partition coefficient (Wildman–Crippen LogP) is 0.967. The van der Waals surface area contributed by atoms with Gasteiger partial charge >= 0.3 is 0 Å². The van der Waals surface area contributed by atoms with Gasteiger partial charge in [0.1, 0.15) is 6.33 Å². The predicted molar refractivity (Wildman–Crippen MR) is 63.5 cm³/mol. The van der Waals surface area contributed by atoms with Crippen molar-refractivity contribution in [2.75, 3.05) is 6.61 Å². The Morgan fingerprint density at radius 1 is 1.22 bits per heavy atom. The van der Waals surface area contributed by atoms with Crippen molar-refractivity contribution in [3.8, 4) is 17.3 Å². The Morgan fingerprint density at radius 2 is 2.06 bits per heavy atom. The molecule has 4 heterocycles. The monoisotopic (exact) mass is 241 g/mol. The van der Waals surface area contributed by atoms with Gasteiger partial charge in [-0.2, -0.15) is 0 Å². The summed E-state index contributed by atoms with van der Waals surface area (Å²) in [5.74, 6) is 1.66. The molecule has 0 radical (unpaired) electrons. The van der Waals surface area contributed by atoms with E-state index in [2.05, 4.69) is 15.0 Å². The highest BCUT2D eigenvalue weighted by Crippen LogP contribution is 2.24. The molecule has 90 valence electrons. The van der Waals surface area contributed by atoms with Gasteiger partial charge in [-0.05, 0) is 12.1 Å². The van der Waals surface area contributed by atoms with Gasteiger partial charge in [-0.1, -0.05) is 0 Å². The van der Waals surface area contributed by atoms with Crippen LogP contribution in [0, 0.1) is 0 Å². The second-order valence-electron chi connectivity index (χ2n) is 4.31. The van der Waals surface area contributed by atoms with Crippen molar-refractivity contribution in [2.24, 2.45) is 0 Å². The SMILES string of the molecule is c1ccn(-c2ncn(C[C@@H]3CO3)c3ncnc2-3)c1. The number of hydrogen-bond donors (Lipinski definition) is 0. The summed E-state index contributed by atoms with van der Waals surface area (Å²) in [4.78, 5) is 13.1. The summed E-state index contributed by atoms with van der Waals surface area (Å²) < 4.78 is 9.17. The molecule has 3 aliphatic heterocycles. The molecule has 18 heavy (non-hydrogen) atoms. The Hall–Kier alpha value is -2.21. The maximum Gasteiger partial charge on any atom is 0.168 e. The van der Waals surface area contributed by atoms with E-state index in [1.54, 1.807) is 12.7 Å². The molecule has 1 saturated heterocycles. The van der Waals surface area contributed by atoms with Crippen molar-refractivity contribution < 1.29 is 4.74 Å². The first-order valence-corrected chi connectivity index (χ1v) is 5.82. The van der Waals surface area contributed by atoms with E-state index < -0.39 is 0 Å². The molecule has 0 aliphatic carbocycles. The molecule has 1 fully saturated rings. The molecule has 0 N–H and O–H groups in total. The van der Waals surface area contributed by atoms with E-state index in [1.165, 1.54) is 0 Å². The summed E-state index contributed by atoms with van der Waals surface area (Å²) in [7, 11) is 0. The van der Waals surface area contributed by atoms with E-state index in [0.29, 0.717) is 6.10 Å². The van der Waals surface area contributed by atoms with Crippen molar-refractivity contribution in [1.29, 1.82) is 0 Å². The van der Waals surface area contributed by atoms with Crippen molar-refractivity contribution >= 4 is 0 Å². The third-order valence-corrected chi connectivity index (χ3v) is 3.03. The number of epoxide rings is 1. The van der Waals surface area contributed by atoms with Crippen LogP contribution in [0.4, 0.5) is 0 Å². The fourth-order valence-corrected chi connectivity index (χ4v) is 2.06. The first kappa shape index (κ1) is 9.78. The van der Waals surface area contributed by atoms with Crippen LogP contribution in [-0.2, 0) is 11.3 Å². The minimum absolute atomic E-state index is 0.300. The van der Waals surface area contributed by atoms with Gasteiger partial charge in [-0.3, -0.25) is 0 Å². The van der Waals surface area contributed by atoms with Crippen molar-refractivity contribution in [3.63, 3.8) is 0 Å². The molecule has 4 rings (SSSR count). The fourth-order valence-electron chi connectivity index (χ4n) is 2.06. The van der Waals surface area contributed by atoms with Gasteiger partial charge in [0.15, 0.2) is 17.3 Å². The highest BCUT2D eigenvalue weighted by Gasteiger charge is 2.26. The van der Waals surface area contributed by atoms with Crippen LogP contribution >= 0.6 is 0 Å². The highest BCUT2D eigenvalue weighted by atomic mass is 16.6. The van der Waals surface area contributed by atoms with Gasteiger partial charge in [0, 0.05) is 12.4 Å². The van der Waals surface area contributed by atoms with Crippen molar-refractivity contribution in [3.05, 3.63) is 37.2 Å². The standard InChI is InChI=1S/C12H11N5O/c1-2-4-16(3-1)12-10-11(14-7-13-10)17(8-15-12)5-9-6-18-9/h1-4,7-9H,5-6H2/t9-/m1/s1. The first-order chi connectivity index (χ1) is 8.92. The zero-order valence-electron chi connectivity index (χ0n) is 9.60. The molecule has 0 aromatic carbocycles. The van der Waals surface area contributed by atoms with Gasteiger partial charge < -0.3 is 13.9 Å². The lowest BCUT2D eigenvalue weighted by Gasteiger charge is -2.12. The zero-order chi connectivity index (χ0) is 11.9. The van der Waals surface area contributed by atoms with Crippen LogP contribution in [-0.4, -0.2) is 36.8 Å². The smallest absolute Gasteiger partial charge is 0.168 e. The van der Waals surface area contributed by atoms with Crippen molar-refractivity contribution in [1.82, 2.24) is 24.1 Å². The van der Waals surface area contributed by atoms with E-state index in [0.717, 1.165) is 30.5 Å². The average molecular weight is 241 g/mol. The summed E-state index contributed by atoms with van der Waals surface area (Å²) in [5, 5.41) is 0. The van der Waals surface area contributed by atoms with E-state index in [1.807, 2.05) is 33.7 Å². The zero-order valence-corrected chi connectivity index (χ0v) is 9.60. The first-order valence-electron chi connectivity index (χ1n) is 5.82. The van der Waals surface area contributed by atoms with Gasteiger partial charge in [-0.25, -0.2) is 15.0 Å². The highest BCUT2D eigenvalue weighted by molar-refractivity contribution is 5.61. The van der Waals surface area contributed by atoms with Gasteiger partial charge in [-0.15, -0.1) is 0 Å². The van der Waals surface area contributed by atoms with Crippen LogP contribution in [0.2, 0.25) is 0 Å². The van der Waals surface area contributed by atoms with Crippen LogP contribution in [0.15, 0.2) is 37.2 Å². The molecule has 6 nitrogen and oxygen atoms in total. The number of fused-ring (bicyclic) bond motifs is 1. The number of aromatic nitrogens is 5. The molecule has 0 spiro atoms. The van der Waals surface area contributed by atoms with Crippen LogP contribution in [0.3, 0.4) is 0 Å². The molecule has 0 bridgehead atoms. The molecule has 6 heteroatoms. The summed E-state index contributed by atoms with van der Waals surface area (Å²) in [6.45, 7) is 1.61. The Kier molecular flexibility index (Phi) is 1.98. The molecule has 3 aliphatic rings. The molecular weight excluding hydrogens is 230 g/mol. The molecule has 0 amide bonds. The molecular formula is C12H11N5O. The summed E-state index contributed by atoms with van der Waals surface area (Å²) in [6.07, 6.45) is 7.57. The Morgan fingerprint density at radius 3 is 2.83 bits per heavy atom. The summed E-state index contributed by atoms with van der Waals surface area (Å²) in [5.41, 5.74) is 0.814. The number of hydrogen-bond acceptors (Lipinski definition) is 4. The third kappa shape index (κ3) is 1.50. The molecule has 0 saturated carbocycles. The minimum atomic E-state index is 0.300. The maximum absolute atomic E-state index is 5.24. The Balaban J connectivity index is 1.83. The largest absolute Gasteiger partial charge is 0.371 e. The van der Waals surface area contributed by atoms with Crippen LogP contribution in [0.1, 0.15) is 0 Å². The van der Waals surface area contributed by atoms with Crippen LogP contribution < -0.4 is 0 Å². The number of imidazole rings is 1. The maximum atomic E-state index is 5.24. The van der Waals surface area contributed by atoms with Gasteiger partial charge in [0.2, 0.25) is 0 Å². The fraction of sp³-hybridized carbons (Fsp3) is 0.250. The Labute approximate surface area is 103 Å². The molecule has 1 aromatic heterocycles. The third-order valence-electron chi connectivity index (χ3n) is 3.03. The molecule has 1 aromatic rings. The Bertz CT molecular complexity index is 641. The molecule has 1 atom stereocenters. The second-order valence-corrected chi connectivity index (χ2v) is 4.31.